The maximum absolute atomic E-state index is 12.6. The van der Waals surface area contributed by atoms with E-state index in [4.69, 9.17) is 10.3 Å². The fraction of sp³-hybridized carbons (Fsp3) is 0.500. The van der Waals surface area contributed by atoms with Crippen molar-refractivity contribution in [3.8, 4) is 23.7 Å². The van der Waals surface area contributed by atoms with E-state index in [2.05, 4.69) is 23.7 Å². The molecule has 0 radical (unpaired) electrons. The number of amides is 2. The van der Waals surface area contributed by atoms with Crippen LogP contribution >= 0.6 is 11.3 Å². The van der Waals surface area contributed by atoms with Crippen molar-refractivity contribution in [1.29, 1.82) is 0 Å². The monoisotopic (exact) mass is 450 g/mol. The van der Waals surface area contributed by atoms with Crippen LogP contribution in [-0.4, -0.2) is 59.6 Å². The molecule has 1 saturated carbocycles. The van der Waals surface area contributed by atoms with E-state index in [9.17, 15) is 18.0 Å². The summed E-state index contributed by atoms with van der Waals surface area (Å²) >= 11 is 1.25. The summed E-state index contributed by atoms with van der Waals surface area (Å²) in [6.45, 7) is 1.73. The minimum Gasteiger partial charge on any atom is -0.396 e. The first-order valence-electron chi connectivity index (χ1n) is 9.29. The number of hydroxylamine groups is 1. The zero-order chi connectivity index (χ0) is 22.1. The number of nitrogens with one attached hydrogen (secondary N) is 1. The quantitative estimate of drug-likeness (QED) is 0.327. The summed E-state index contributed by atoms with van der Waals surface area (Å²) in [6.07, 6.45) is 1.68. The van der Waals surface area contributed by atoms with Crippen molar-refractivity contribution in [2.24, 2.45) is 11.8 Å². The minimum absolute atomic E-state index is 0.0527. The molecular weight excluding hydrogens is 428 g/mol. The van der Waals surface area contributed by atoms with Crippen molar-refractivity contribution in [3.05, 3.63) is 21.4 Å². The fourth-order valence-electron chi connectivity index (χ4n) is 3.17. The lowest BCUT2D eigenvalue weighted by Crippen LogP contribution is -2.50. The Balaban J connectivity index is 1.63. The molecule has 1 unspecified atom stereocenters. The van der Waals surface area contributed by atoms with Gasteiger partial charge in [-0.2, -0.15) is 0 Å². The number of aliphatic hydroxyl groups excluding tert-OH is 1. The molecule has 0 bridgehead atoms. The second kappa shape index (κ2) is 8.40. The maximum Gasteiger partial charge on any atom is 0.264 e. The number of sulfone groups is 1. The van der Waals surface area contributed by atoms with Gasteiger partial charge in [0.05, 0.1) is 9.75 Å². The maximum atomic E-state index is 12.6. The van der Waals surface area contributed by atoms with E-state index < -0.39 is 20.5 Å². The first-order valence-corrected chi connectivity index (χ1v) is 12.0. The van der Waals surface area contributed by atoms with Crippen molar-refractivity contribution in [3.63, 3.8) is 0 Å². The van der Waals surface area contributed by atoms with Crippen LogP contribution in [0.5, 0.6) is 0 Å². The molecule has 3 atom stereocenters. The minimum atomic E-state index is -3.82. The molecule has 2 aliphatic rings. The third-order valence-corrected chi connectivity index (χ3v) is 8.68. The number of aliphatic hydroxyl groups is 1. The van der Waals surface area contributed by atoms with Crippen molar-refractivity contribution < 1.29 is 28.3 Å². The number of thiophene rings is 1. The molecular formula is C20H22N2O6S2. The third-order valence-electron chi connectivity index (χ3n) is 5.57. The summed E-state index contributed by atoms with van der Waals surface area (Å²) in [5.74, 6) is 10.7. The number of rotatable bonds is 6. The van der Waals surface area contributed by atoms with Crippen molar-refractivity contribution in [1.82, 2.24) is 10.4 Å². The molecule has 3 rings (SSSR count). The van der Waals surface area contributed by atoms with Gasteiger partial charge in [-0.25, -0.2) is 13.9 Å². The van der Waals surface area contributed by atoms with Gasteiger partial charge in [-0.3, -0.25) is 14.8 Å². The van der Waals surface area contributed by atoms with E-state index in [0.717, 1.165) is 23.1 Å². The Labute approximate surface area is 179 Å². The predicted octanol–water partition coefficient (Wildman–Crippen LogP) is 0.386. The van der Waals surface area contributed by atoms with E-state index in [-0.39, 0.29) is 37.3 Å². The summed E-state index contributed by atoms with van der Waals surface area (Å²) in [6, 6.07) is 1.82. The lowest BCUT2D eigenvalue weighted by Gasteiger charge is -2.27. The highest BCUT2D eigenvalue weighted by atomic mass is 32.2. The SMILES string of the molecule is CC(CCN1Cc2cc(C#CC#C[C@@H]3C[C@H]3CO)sc2C1=O)(C(=O)NO)S(C)(=O)=O. The van der Waals surface area contributed by atoms with Crippen LogP contribution in [0, 0.1) is 35.5 Å². The Morgan fingerprint density at radius 2 is 2.17 bits per heavy atom. The van der Waals surface area contributed by atoms with Gasteiger partial charge in [0.25, 0.3) is 11.8 Å². The second-order valence-corrected chi connectivity index (χ2v) is 11.2. The first-order chi connectivity index (χ1) is 14.1. The van der Waals surface area contributed by atoms with Gasteiger partial charge >= 0.3 is 0 Å². The molecule has 0 saturated heterocycles. The van der Waals surface area contributed by atoms with Crippen LogP contribution < -0.4 is 5.48 Å². The van der Waals surface area contributed by atoms with E-state index in [1.54, 1.807) is 0 Å². The molecule has 30 heavy (non-hydrogen) atoms. The number of carbonyl (C=O) groups excluding carboxylic acids is 2. The number of nitrogens with zero attached hydrogens (tertiary/aromatic N) is 1. The van der Waals surface area contributed by atoms with Crippen molar-refractivity contribution in [2.75, 3.05) is 19.4 Å². The van der Waals surface area contributed by atoms with E-state index in [1.807, 2.05) is 6.07 Å². The van der Waals surface area contributed by atoms with Gasteiger partial charge in [-0.15, -0.1) is 11.3 Å². The Bertz CT molecular complexity index is 1100. The Morgan fingerprint density at radius 1 is 1.43 bits per heavy atom. The highest BCUT2D eigenvalue weighted by Gasteiger charge is 2.44. The lowest BCUT2D eigenvalue weighted by atomic mass is 10.1. The van der Waals surface area contributed by atoms with Crippen LogP contribution in [0.1, 0.15) is 39.9 Å². The van der Waals surface area contributed by atoms with Crippen LogP contribution in [0.15, 0.2) is 6.07 Å². The molecule has 2 amide bonds. The van der Waals surface area contributed by atoms with Crippen LogP contribution in [0.25, 0.3) is 0 Å². The molecule has 10 heteroatoms. The molecule has 2 heterocycles. The predicted molar refractivity (Wildman–Crippen MR) is 110 cm³/mol. The Hall–Kier alpha value is -2.37. The van der Waals surface area contributed by atoms with Crippen LogP contribution in [-0.2, 0) is 21.2 Å². The molecule has 1 aromatic heterocycles. The lowest BCUT2D eigenvalue weighted by molar-refractivity contribution is -0.131. The summed E-state index contributed by atoms with van der Waals surface area (Å²) in [5.41, 5.74) is 2.20. The summed E-state index contributed by atoms with van der Waals surface area (Å²) in [7, 11) is -3.82. The molecule has 1 aliphatic carbocycles. The highest BCUT2D eigenvalue weighted by Crippen LogP contribution is 2.37. The summed E-state index contributed by atoms with van der Waals surface area (Å²) < 4.78 is 22.3. The summed E-state index contributed by atoms with van der Waals surface area (Å²) in [5, 5.41) is 17.9. The fourth-order valence-corrected chi connectivity index (χ4v) is 5.01. The number of fused-ring (bicyclic) bond motifs is 1. The molecule has 1 aliphatic heterocycles. The first kappa shape index (κ1) is 22.3. The topological polar surface area (TPSA) is 124 Å². The van der Waals surface area contributed by atoms with Gasteiger partial charge in [0.15, 0.2) is 14.6 Å². The molecule has 0 aromatic carbocycles. The molecule has 8 nitrogen and oxygen atoms in total. The van der Waals surface area contributed by atoms with Gasteiger partial charge in [-0.05, 0) is 55.1 Å². The Kier molecular flexibility index (Phi) is 6.25. The largest absolute Gasteiger partial charge is 0.396 e. The number of hydrogen-bond donors (Lipinski definition) is 3. The number of carbonyl (C=O) groups is 2. The van der Waals surface area contributed by atoms with Crippen molar-refractivity contribution in [2.45, 2.75) is 31.1 Å². The summed E-state index contributed by atoms with van der Waals surface area (Å²) in [4.78, 5) is 27.3. The normalized spacial score (nSPS) is 21.6. The van der Waals surface area contributed by atoms with Crippen molar-refractivity contribution >= 4 is 33.0 Å². The van der Waals surface area contributed by atoms with Gasteiger partial charge in [0.1, 0.15) is 0 Å². The van der Waals surface area contributed by atoms with E-state index >= 15 is 0 Å². The van der Waals surface area contributed by atoms with Gasteiger partial charge in [-0.1, -0.05) is 5.92 Å². The zero-order valence-corrected chi connectivity index (χ0v) is 18.2. The molecule has 0 spiro atoms. The smallest absolute Gasteiger partial charge is 0.264 e. The number of hydrogen-bond acceptors (Lipinski definition) is 7. The zero-order valence-electron chi connectivity index (χ0n) is 16.6. The standard InChI is InChI=1S/C20H22N2O6S2/c1-20(19(25)21-26,30(2,27)28)7-8-22-11-14-10-16(29-17(14)18(22)24)6-4-3-5-13-9-15(13)12-23/h10,13,15,23,26H,7-9,11-12H2,1-2H3,(H,21,25)/t13-,15+,20?/m1/s1. The molecule has 1 aromatic rings. The third kappa shape index (κ3) is 4.37. The van der Waals surface area contributed by atoms with Gasteiger partial charge in [0.2, 0.25) is 0 Å². The average molecular weight is 451 g/mol. The van der Waals surface area contributed by atoms with Crippen LogP contribution in [0.2, 0.25) is 0 Å². The molecule has 160 valence electrons. The second-order valence-electron chi connectivity index (χ2n) is 7.69. The van der Waals surface area contributed by atoms with Crippen LogP contribution in [0.4, 0.5) is 0 Å². The van der Waals surface area contributed by atoms with E-state index in [0.29, 0.717) is 11.4 Å². The van der Waals surface area contributed by atoms with E-state index in [1.165, 1.54) is 28.6 Å². The average Bonchev–Trinajstić information content (AvgIpc) is 3.25. The highest BCUT2D eigenvalue weighted by molar-refractivity contribution is 7.92. The van der Waals surface area contributed by atoms with Crippen LogP contribution in [0.3, 0.4) is 0 Å². The Morgan fingerprint density at radius 3 is 2.73 bits per heavy atom. The van der Waals surface area contributed by atoms with Gasteiger partial charge in [0, 0.05) is 31.9 Å². The van der Waals surface area contributed by atoms with Gasteiger partial charge < -0.3 is 10.0 Å². The molecule has 1 fully saturated rings. The molecule has 3 N–H and O–H groups in total.